The fourth-order valence-electron chi connectivity index (χ4n) is 1.07. The third kappa shape index (κ3) is 2.29. The monoisotopic (exact) mass is 219 g/mol. The lowest BCUT2D eigenvalue weighted by atomic mass is 10.2. The number of nitrogens with zero attached hydrogens (tertiary/aromatic N) is 3. The van der Waals surface area contributed by atoms with Crippen molar-refractivity contribution >= 4 is 22.4 Å². The van der Waals surface area contributed by atoms with Crippen molar-refractivity contribution in [1.82, 2.24) is 10.2 Å². The molecule has 0 amide bonds. The first-order chi connectivity index (χ1) is 7.25. The average molecular weight is 219 g/mol. The standard InChI is InChI=1S/C9H9N5S/c10-8(11)12-9-14-13-7(15-9)6-4-2-1-3-5-6/h1-5H,(H4,10,11,12,14). The second-order valence-electron chi connectivity index (χ2n) is 2.79. The van der Waals surface area contributed by atoms with Crippen LogP contribution in [0.5, 0.6) is 0 Å². The average Bonchev–Trinajstić information content (AvgIpc) is 2.67. The molecule has 1 aromatic carbocycles. The predicted molar refractivity (Wildman–Crippen MR) is 60.8 cm³/mol. The smallest absolute Gasteiger partial charge is 0.235 e. The molecule has 0 fully saturated rings. The minimum absolute atomic E-state index is 0.00855. The van der Waals surface area contributed by atoms with Gasteiger partial charge in [0.05, 0.1) is 0 Å². The Bertz CT molecular complexity index is 472. The normalized spacial score (nSPS) is 9.87. The molecule has 0 saturated heterocycles. The fraction of sp³-hybridized carbons (Fsp3) is 0. The summed E-state index contributed by atoms with van der Waals surface area (Å²) in [6, 6.07) is 9.75. The molecule has 0 radical (unpaired) electrons. The first-order valence-electron chi connectivity index (χ1n) is 4.24. The van der Waals surface area contributed by atoms with Crippen LogP contribution < -0.4 is 11.5 Å². The van der Waals surface area contributed by atoms with E-state index in [-0.39, 0.29) is 5.96 Å². The minimum atomic E-state index is -0.00855. The summed E-state index contributed by atoms with van der Waals surface area (Å²) < 4.78 is 0. The summed E-state index contributed by atoms with van der Waals surface area (Å²) in [4.78, 5) is 3.82. The fourth-order valence-corrected chi connectivity index (χ4v) is 1.81. The van der Waals surface area contributed by atoms with Gasteiger partial charge in [-0.25, -0.2) is 0 Å². The molecule has 76 valence electrons. The highest BCUT2D eigenvalue weighted by Gasteiger charge is 2.04. The lowest BCUT2D eigenvalue weighted by molar-refractivity contribution is 1.08. The summed E-state index contributed by atoms with van der Waals surface area (Å²) in [6.07, 6.45) is 0. The van der Waals surface area contributed by atoms with Gasteiger partial charge in [0.25, 0.3) is 0 Å². The second-order valence-corrected chi connectivity index (χ2v) is 3.75. The van der Waals surface area contributed by atoms with Crippen LogP contribution in [0.1, 0.15) is 0 Å². The third-order valence-corrected chi connectivity index (χ3v) is 2.53. The largest absolute Gasteiger partial charge is 0.370 e. The van der Waals surface area contributed by atoms with Gasteiger partial charge in [0.15, 0.2) is 5.96 Å². The van der Waals surface area contributed by atoms with Crippen LogP contribution in [0, 0.1) is 0 Å². The number of nitrogens with two attached hydrogens (primary N) is 2. The summed E-state index contributed by atoms with van der Waals surface area (Å²) in [5.74, 6) is -0.00855. The summed E-state index contributed by atoms with van der Waals surface area (Å²) >= 11 is 1.34. The Hall–Kier alpha value is -1.95. The molecular formula is C9H9N5S. The zero-order valence-electron chi connectivity index (χ0n) is 7.79. The molecule has 0 aliphatic rings. The minimum Gasteiger partial charge on any atom is -0.370 e. The Labute approximate surface area is 90.5 Å². The van der Waals surface area contributed by atoms with Crippen molar-refractivity contribution in [3.8, 4) is 10.6 Å². The van der Waals surface area contributed by atoms with Crippen molar-refractivity contribution in [2.75, 3.05) is 0 Å². The molecule has 0 aliphatic carbocycles. The van der Waals surface area contributed by atoms with E-state index in [0.29, 0.717) is 5.13 Å². The van der Waals surface area contributed by atoms with Gasteiger partial charge in [-0.1, -0.05) is 41.7 Å². The van der Waals surface area contributed by atoms with Gasteiger partial charge >= 0.3 is 0 Å². The van der Waals surface area contributed by atoms with Crippen LogP contribution in [0.25, 0.3) is 10.6 Å². The van der Waals surface area contributed by atoms with Crippen molar-refractivity contribution in [2.45, 2.75) is 0 Å². The molecule has 0 bridgehead atoms. The highest BCUT2D eigenvalue weighted by atomic mass is 32.1. The van der Waals surface area contributed by atoms with Gasteiger partial charge in [0.2, 0.25) is 5.13 Å². The zero-order chi connectivity index (χ0) is 10.7. The van der Waals surface area contributed by atoms with E-state index in [1.165, 1.54) is 11.3 Å². The van der Waals surface area contributed by atoms with Gasteiger partial charge in [-0.3, -0.25) is 0 Å². The quantitative estimate of drug-likeness (QED) is 0.584. The third-order valence-electron chi connectivity index (χ3n) is 1.66. The Morgan fingerprint density at radius 2 is 1.87 bits per heavy atom. The highest BCUT2D eigenvalue weighted by Crippen LogP contribution is 2.27. The van der Waals surface area contributed by atoms with Gasteiger partial charge in [0, 0.05) is 5.56 Å². The molecule has 0 spiro atoms. The van der Waals surface area contributed by atoms with Crippen LogP contribution in [-0.2, 0) is 0 Å². The van der Waals surface area contributed by atoms with Gasteiger partial charge < -0.3 is 11.5 Å². The Morgan fingerprint density at radius 1 is 1.13 bits per heavy atom. The summed E-state index contributed by atoms with van der Waals surface area (Å²) in [5.41, 5.74) is 11.5. The van der Waals surface area contributed by atoms with Crippen molar-refractivity contribution < 1.29 is 0 Å². The van der Waals surface area contributed by atoms with E-state index < -0.39 is 0 Å². The summed E-state index contributed by atoms with van der Waals surface area (Å²) in [7, 11) is 0. The molecule has 2 aromatic rings. The van der Waals surface area contributed by atoms with Crippen LogP contribution >= 0.6 is 11.3 Å². The van der Waals surface area contributed by atoms with E-state index in [1.807, 2.05) is 30.3 Å². The number of hydrogen-bond acceptors (Lipinski definition) is 4. The van der Waals surface area contributed by atoms with Crippen molar-refractivity contribution in [3.63, 3.8) is 0 Å². The highest BCUT2D eigenvalue weighted by molar-refractivity contribution is 7.18. The molecule has 5 nitrogen and oxygen atoms in total. The van der Waals surface area contributed by atoms with E-state index in [0.717, 1.165) is 10.6 Å². The molecule has 15 heavy (non-hydrogen) atoms. The number of benzene rings is 1. The molecule has 1 heterocycles. The Morgan fingerprint density at radius 3 is 2.53 bits per heavy atom. The van der Waals surface area contributed by atoms with E-state index in [1.54, 1.807) is 0 Å². The van der Waals surface area contributed by atoms with Crippen molar-refractivity contribution in [2.24, 2.45) is 16.5 Å². The Balaban J connectivity index is 2.32. The number of hydrogen-bond donors (Lipinski definition) is 2. The first-order valence-corrected chi connectivity index (χ1v) is 5.06. The number of guanidine groups is 1. The summed E-state index contributed by atoms with van der Waals surface area (Å²) in [5, 5.41) is 9.11. The van der Waals surface area contributed by atoms with Crippen molar-refractivity contribution in [1.29, 1.82) is 0 Å². The van der Waals surface area contributed by atoms with E-state index in [2.05, 4.69) is 15.2 Å². The molecule has 0 atom stereocenters. The Kier molecular flexibility index (Phi) is 2.59. The number of aliphatic imine (C=N–C) groups is 1. The first kappa shape index (κ1) is 9.60. The van der Waals surface area contributed by atoms with Crippen LogP contribution in [-0.4, -0.2) is 16.2 Å². The maximum absolute atomic E-state index is 5.24. The predicted octanol–water partition coefficient (Wildman–Crippen LogP) is 1.11. The molecule has 0 aliphatic heterocycles. The number of rotatable bonds is 2. The SMILES string of the molecule is NC(N)=Nc1nnc(-c2ccccc2)s1. The molecule has 4 N–H and O–H groups in total. The van der Waals surface area contributed by atoms with Gasteiger partial charge in [0.1, 0.15) is 5.01 Å². The topological polar surface area (TPSA) is 90.2 Å². The van der Waals surface area contributed by atoms with Crippen LogP contribution in [0.15, 0.2) is 35.3 Å². The maximum atomic E-state index is 5.24. The maximum Gasteiger partial charge on any atom is 0.235 e. The van der Waals surface area contributed by atoms with Crippen LogP contribution in [0.3, 0.4) is 0 Å². The lowest BCUT2D eigenvalue weighted by Gasteiger charge is -1.91. The van der Waals surface area contributed by atoms with E-state index in [9.17, 15) is 0 Å². The van der Waals surface area contributed by atoms with Gasteiger partial charge in [-0.05, 0) is 0 Å². The molecule has 0 saturated carbocycles. The van der Waals surface area contributed by atoms with Gasteiger partial charge in [-0.15, -0.1) is 10.2 Å². The van der Waals surface area contributed by atoms with E-state index in [4.69, 9.17) is 11.5 Å². The molecule has 6 heteroatoms. The van der Waals surface area contributed by atoms with Crippen molar-refractivity contribution in [3.05, 3.63) is 30.3 Å². The molecule has 2 rings (SSSR count). The van der Waals surface area contributed by atoms with Gasteiger partial charge in [-0.2, -0.15) is 4.99 Å². The number of aromatic nitrogens is 2. The summed E-state index contributed by atoms with van der Waals surface area (Å²) in [6.45, 7) is 0. The van der Waals surface area contributed by atoms with Crippen LogP contribution in [0.4, 0.5) is 5.13 Å². The molecule has 1 aromatic heterocycles. The molecular weight excluding hydrogens is 210 g/mol. The van der Waals surface area contributed by atoms with E-state index >= 15 is 0 Å². The second kappa shape index (κ2) is 4.05. The zero-order valence-corrected chi connectivity index (χ0v) is 8.61. The van der Waals surface area contributed by atoms with Crippen LogP contribution in [0.2, 0.25) is 0 Å². The molecule has 0 unspecified atom stereocenters. The lowest BCUT2D eigenvalue weighted by Crippen LogP contribution is -2.21.